The minimum atomic E-state index is -0.191. The third kappa shape index (κ3) is 4.60. The van der Waals surface area contributed by atoms with Gasteiger partial charge < -0.3 is 15.2 Å². The van der Waals surface area contributed by atoms with Gasteiger partial charge in [-0.3, -0.25) is 0 Å². The molecule has 0 aromatic rings. The van der Waals surface area contributed by atoms with E-state index in [1.165, 1.54) is 6.42 Å². The van der Waals surface area contributed by atoms with E-state index in [4.69, 9.17) is 4.74 Å². The standard InChI is InChI=1S/C10H21NO2/c1-2-10(12)8-11-9-4-3-6-13-7-5-9/h9-12H,2-8H2,1H3. The monoisotopic (exact) mass is 187 g/mol. The highest BCUT2D eigenvalue weighted by atomic mass is 16.5. The van der Waals surface area contributed by atoms with Gasteiger partial charge in [0.2, 0.25) is 0 Å². The van der Waals surface area contributed by atoms with Gasteiger partial charge in [0, 0.05) is 25.8 Å². The molecule has 2 N–H and O–H groups in total. The molecule has 1 aliphatic heterocycles. The fraction of sp³-hybridized carbons (Fsp3) is 1.00. The normalized spacial score (nSPS) is 26.8. The van der Waals surface area contributed by atoms with Gasteiger partial charge in [0.25, 0.3) is 0 Å². The maximum absolute atomic E-state index is 9.37. The van der Waals surface area contributed by atoms with E-state index in [2.05, 4.69) is 5.32 Å². The Bertz CT molecular complexity index is 122. The third-order valence-electron chi connectivity index (χ3n) is 2.57. The minimum absolute atomic E-state index is 0.191. The van der Waals surface area contributed by atoms with Crippen molar-refractivity contribution in [3.8, 4) is 0 Å². The Hall–Kier alpha value is -0.120. The Labute approximate surface area is 80.5 Å². The molecule has 2 unspecified atom stereocenters. The second-order valence-corrected chi connectivity index (χ2v) is 3.71. The number of hydrogen-bond donors (Lipinski definition) is 2. The molecule has 2 atom stereocenters. The molecule has 1 aliphatic rings. The van der Waals surface area contributed by atoms with E-state index < -0.39 is 0 Å². The fourth-order valence-corrected chi connectivity index (χ4v) is 1.55. The molecule has 0 bridgehead atoms. The van der Waals surface area contributed by atoms with E-state index in [0.29, 0.717) is 6.04 Å². The molecule has 3 heteroatoms. The first-order chi connectivity index (χ1) is 6.33. The molecule has 0 spiro atoms. The fourth-order valence-electron chi connectivity index (χ4n) is 1.55. The molecule has 1 heterocycles. The number of ether oxygens (including phenoxy) is 1. The Morgan fingerprint density at radius 2 is 2.31 bits per heavy atom. The average Bonchev–Trinajstić information content (AvgIpc) is 2.42. The van der Waals surface area contributed by atoms with Crippen LogP contribution in [0.1, 0.15) is 32.6 Å². The molecule has 0 aromatic heterocycles. The van der Waals surface area contributed by atoms with Crippen LogP contribution < -0.4 is 5.32 Å². The van der Waals surface area contributed by atoms with Crippen molar-refractivity contribution in [1.29, 1.82) is 0 Å². The number of aliphatic hydroxyl groups is 1. The van der Waals surface area contributed by atoms with Gasteiger partial charge in [0.1, 0.15) is 0 Å². The summed E-state index contributed by atoms with van der Waals surface area (Å²) in [7, 11) is 0. The SMILES string of the molecule is CCC(O)CNC1CCCOCC1. The van der Waals surface area contributed by atoms with Crippen molar-refractivity contribution < 1.29 is 9.84 Å². The van der Waals surface area contributed by atoms with Crippen LogP contribution in [0.15, 0.2) is 0 Å². The molecule has 0 radical (unpaired) electrons. The summed E-state index contributed by atoms with van der Waals surface area (Å²) in [5.74, 6) is 0. The summed E-state index contributed by atoms with van der Waals surface area (Å²) in [6, 6.07) is 0.545. The van der Waals surface area contributed by atoms with Crippen LogP contribution in [0.4, 0.5) is 0 Å². The van der Waals surface area contributed by atoms with Crippen molar-refractivity contribution in [2.24, 2.45) is 0 Å². The largest absolute Gasteiger partial charge is 0.392 e. The Morgan fingerprint density at radius 1 is 1.46 bits per heavy atom. The Balaban J connectivity index is 2.11. The summed E-state index contributed by atoms with van der Waals surface area (Å²) in [4.78, 5) is 0. The van der Waals surface area contributed by atoms with Gasteiger partial charge in [0.15, 0.2) is 0 Å². The predicted molar refractivity (Wildman–Crippen MR) is 52.8 cm³/mol. The zero-order valence-electron chi connectivity index (χ0n) is 8.46. The van der Waals surface area contributed by atoms with Gasteiger partial charge in [-0.2, -0.15) is 0 Å². The number of nitrogens with one attached hydrogen (secondary N) is 1. The van der Waals surface area contributed by atoms with Gasteiger partial charge >= 0.3 is 0 Å². The minimum Gasteiger partial charge on any atom is -0.392 e. The lowest BCUT2D eigenvalue weighted by Crippen LogP contribution is -2.35. The van der Waals surface area contributed by atoms with E-state index in [1.807, 2.05) is 6.92 Å². The quantitative estimate of drug-likeness (QED) is 0.687. The summed E-state index contributed by atoms with van der Waals surface area (Å²) in [5, 5.41) is 12.7. The predicted octanol–water partition coefficient (Wildman–Crippen LogP) is 0.916. The van der Waals surface area contributed by atoms with Crippen LogP contribution in [0, 0.1) is 0 Å². The van der Waals surface area contributed by atoms with Gasteiger partial charge in [-0.25, -0.2) is 0 Å². The molecule has 0 aliphatic carbocycles. The summed E-state index contributed by atoms with van der Waals surface area (Å²) < 4.78 is 5.36. The molecular formula is C10H21NO2. The molecule has 0 aromatic carbocycles. The second kappa shape index (κ2) is 6.35. The highest BCUT2D eigenvalue weighted by Gasteiger charge is 2.12. The maximum atomic E-state index is 9.37. The van der Waals surface area contributed by atoms with Crippen LogP contribution >= 0.6 is 0 Å². The lowest BCUT2D eigenvalue weighted by Gasteiger charge is -2.17. The van der Waals surface area contributed by atoms with Crippen LogP contribution in [0.3, 0.4) is 0 Å². The summed E-state index contributed by atoms with van der Waals surface area (Å²) >= 11 is 0. The Kier molecular flexibility index (Phi) is 5.35. The van der Waals surface area contributed by atoms with Gasteiger partial charge in [0.05, 0.1) is 6.10 Å². The first kappa shape index (κ1) is 11.0. The average molecular weight is 187 g/mol. The molecular weight excluding hydrogens is 166 g/mol. The van der Waals surface area contributed by atoms with Crippen molar-refractivity contribution in [1.82, 2.24) is 5.32 Å². The van der Waals surface area contributed by atoms with Crippen LogP contribution in [-0.4, -0.2) is 37.0 Å². The number of aliphatic hydroxyl groups excluding tert-OH is 1. The van der Waals surface area contributed by atoms with Crippen molar-refractivity contribution in [3.63, 3.8) is 0 Å². The first-order valence-corrected chi connectivity index (χ1v) is 5.32. The number of hydrogen-bond acceptors (Lipinski definition) is 3. The molecule has 13 heavy (non-hydrogen) atoms. The highest BCUT2D eigenvalue weighted by molar-refractivity contribution is 4.70. The highest BCUT2D eigenvalue weighted by Crippen LogP contribution is 2.07. The van der Waals surface area contributed by atoms with Crippen molar-refractivity contribution in [2.45, 2.75) is 44.8 Å². The van der Waals surface area contributed by atoms with Crippen molar-refractivity contribution in [2.75, 3.05) is 19.8 Å². The number of rotatable bonds is 4. The molecule has 1 rings (SSSR count). The topological polar surface area (TPSA) is 41.5 Å². The van der Waals surface area contributed by atoms with E-state index in [0.717, 1.165) is 39.0 Å². The zero-order valence-corrected chi connectivity index (χ0v) is 8.46. The summed E-state index contributed by atoms with van der Waals surface area (Å²) in [5.41, 5.74) is 0. The third-order valence-corrected chi connectivity index (χ3v) is 2.57. The van der Waals surface area contributed by atoms with Gasteiger partial charge in [-0.15, -0.1) is 0 Å². The first-order valence-electron chi connectivity index (χ1n) is 5.32. The van der Waals surface area contributed by atoms with Crippen LogP contribution in [0.5, 0.6) is 0 Å². The zero-order chi connectivity index (χ0) is 9.52. The Morgan fingerprint density at radius 3 is 3.08 bits per heavy atom. The molecule has 78 valence electrons. The van der Waals surface area contributed by atoms with Crippen LogP contribution in [0.2, 0.25) is 0 Å². The molecule has 0 amide bonds. The van der Waals surface area contributed by atoms with Gasteiger partial charge in [-0.05, 0) is 25.7 Å². The molecule has 1 fully saturated rings. The summed E-state index contributed by atoms with van der Waals surface area (Å²) in [6.45, 7) is 4.48. The molecule has 1 saturated heterocycles. The van der Waals surface area contributed by atoms with Crippen LogP contribution in [-0.2, 0) is 4.74 Å². The maximum Gasteiger partial charge on any atom is 0.0662 e. The summed E-state index contributed by atoms with van der Waals surface area (Å²) in [6.07, 6.45) is 4.03. The lowest BCUT2D eigenvalue weighted by atomic mass is 10.1. The van der Waals surface area contributed by atoms with E-state index in [9.17, 15) is 5.11 Å². The molecule has 3 nitrogen and oxygen atoms in total. The van der Waals surface area contributed by atoms with Crippen molar-refractivity contribution in [3.05, 3.63) is 0 Å². The van der Waals surface area contributed by atoms with Gasteiger partial charge in [-0.1, -0.05) is 6.92 Å². The second-order valence-electron chi connectivity index (χ2n) is 3.71. The molecule has 0 saturated carbocycles. The van der Waals surface area contributed by atoms with Crippen LogP contribution in [0.25, 0.3) is 0 Å². The van der Waals surface area contributed by atoms with E-state index in [-0.39, 0.29) is 6.10 Å². The van der Waals surface area contributed by atoms with Crippen molar-refractivity contribution >= 4 is 0 Å². The van der Waals surface area contributed by atoms with E-state index >= 15 is 0 Å². The smallest absolute Gasteiger partial charge is 0.0662 e. The lowest BCUT2D eigenvalue weighted by molar-refractivity contribution is 0.139. The van der Waals surface area contributed by atoms with E-state index in [1.54, 1.807) is 0 Å².